The number of carbonyl (C=O) groups excluding carboxylic acids is 1. The predicted molar refractivity (Wildman–Crippen MR) is 86.3 cm³/mol. The van der Waals surface area contributed by atoms with E-state index in [1.54, 1.807) is 37.3 Å². The van der Waals surface area contributed by atoms with Gasteiger partial charge >= 0.3 is 11.9 Å². The summed E-state index contributed by atoms with van der Waals surface area (Å²) < 4.78 is 0. The van der Waals surface area contributed by atoms with Crippen LogP contribution in [-0.4, -0.2) is 27.9 Å². The lowest BCUT2D eigenvalue weighted by atomic mass is 9.69. The first kappa shape index (κ1) is 18.9. The van der Waals surface area contributed by atoms with Gasteiger partial charge in [-0.15, -0.1) is 0 Å². The minimum atomic E-state index is -2.06. The molecule has 0 heterocycles. The number of hydrogen-bond acceptors (Lipinski definition) is 3. The second kappa shape index (κ2) is 6.94. The Morgan fingerprint density at radius 1 is 0.913 bits per heavy atom. The van der Waals surface area contributed by atoms with Crippen molar-refractivity contribution in [1.82, 2.24) is 0 Å². The lowest BCUT2D eigenvalue weighted by Crippen LogP contribution is -2.44. The van der Waals surface area contributed by atoms with Crippen molar-refractivity contribution >= 4 is 17.7 Å². The number of ketones is 1. The van der Waals surface area contributed by atoms with E-state index in [2.05, 4.69) is 0 Å². The highest BCUT2D eigenvalue weighted by molar-refractivity contribution is 6.17. The number of hydrogen-bond donors (Lipinski definition) is 2. The van der Waals surface area contributed by atoms with Crippen molar-refractivity contribution in [2.75, 3.05) is 0 Å². The van der Waals surface area contributed by atoms with Gasteiger partial charge in [0.15, 0.2) is 5.78 Å². The molecule has 0 saturated carbocycles. The third kappa shape index (κ3) is 4.65. The van der Waals surface area contributed by atoms with Crippen molar-refractivity contribution in [3.63, 3.8) is 0 Å². The minimum Gasteiger partial charge on any atom is -0.480 e. The second-order valence-electron chi connectivity index (χ2n) is 7.23. The molecule has 1 aromatic rings. The average molecular weight is 320 g/mol. The Labute approximate surface area is 136 Å². The molecule has 0 amide bonds. The van der Waals surface area contributed by atoms with Gasteiger partial charge < -0.3 is 10.2 Å². The van der Waals surface area contributed by atoms with Crippen molar-refractivity contribution in [1.29, 1.82) is 0 Å². The fourth-order valence-corrected chi connectivity index (χ4v) is 2.49. The average Bonchev–Trinajstić information content (AvgIpc) is 2.44. The Kier molecular flexibility index (Phi) is 5.70. The van der Waals surface area contributed by atoms with Crippen LogP contribution in [0.1, 0.15) is 46.1 Å². The summed E-state index contributed by atoms with van der Waals surface area (Å²) in [6.07, 6.45) is 1.05. The van der Waals surface area contributed by atoms with Gasteiger partial charge in [0.25, 0.3) is 0 Å². The van der Waals surface area contributed by atoms with Crippen LogP contribution in [0.25, 0.3) is 0 Å². The highest BCUT2D eigenvalue weighted by Crippen LogP contribution is 2.36. The third-order valence-electron chi connectivity index (χ3n) is 4.09. The smallest absolute Gasteiger partial charge is 0.325 e. The second-order valence-corrected chi connectivity index (χ2v) is 7.23. The van der Waals surface area contributed by atoms with Crippen molar-refractivity contribution < 1.29 is 24.6 Å². The van der Waals surface area contributed by atoms with Gasteiger partial charge in [0.05, 0.1) is 5.41 Å². The first-order chi connectivity index (χ1) is 10.5. The van der Waals surface area contributed by atoms with E-state index in [1.807, 2.05) is 20.8 Å². The zero-order valence-corrected chi connectivity index (χ0v) is 14.0. The van der Waals surface area contributed by atoms with Crippen LogP contribution in [0.15, 0.2) is 30.3 Å². The molecular weight excluding hydrogens is 296 g/mol. The number of benzene rings is 1. The summed E-state index contributed by atoms with van der Waals surface area (Å²) in [5, 5.41) is 18.3. The summed E-state index contributed by atoms with van der Waals surface area (Å²) >= 11 is 0. The van der Waals surface area contributed by atoms with Gasteiger partial charge in [-0.1, -0.05) is 51.1 Å². The molecule has 1 atom stereocenters. The Morgan fingerprint density at radius 2 is 1.39 bits per heavy atom. The van der Waals surface area contributed by atoms with Crippen molar-refractivity contribution in [3.05, 3.63) is 35.9 Å². The molecule has 0 aliphatic heterocycles. The number of carboxylic acid groups (broad SMARTS) is 2. The lowest BCUT2D eigenvalue weighted by molar-refractivity contribution is -0.159. The molecular formula is C18H24O5. The number of rotatable bonds is 7. The molecule has 0 saturated heterocycles. The summed E-state index contributed by atoms with van der Waals surface area (Å²) in [5.74, 6) is -6.09. The fourth-order valence-electron chi connectivity index (χ4n) is 2.49. The number of carboxylic acids is 2. The molecule has 126 valence electrons. The molecule has 0 fully saturated rings. The standard InChI is InChI=1S/C18H24O5/c1-17(2,3)10-11-18(4,12-8-6-5-7-9-12)14(19)13(15(20)21)16(22)23/h5-9,13H,10-11H2,1-4H3,(H,20,21)(H,22,23). The number of Topliss-reactive ketones (excluding diaryl/α,β-unsaturated/α-hetero) is 1. The van der Waals surface area contributed by atoms with Crippen LogP contribution in [0.4, 0.5) is 0 Å². The van der Waals surface area contributed by atoms with Crippen molar-refractivity contribution in [3.8, 4) is 0 Å². The highest BCUT2D eigenvalue weighted by atomic mass is 16.4. The summed E-state index contributed by atoms with van der Waals surface area (Å²) in [7, 11) is 0. The van der Waals surface area contributed by atoms with Crippen molar-refractivity contribution in [2.45, 2.75) is 46.0 Å². The quantitative estimate of drug-likeness (QED) is 0.753. The molecule has 0 bridgehead atoms. The SMILES string of the molecule is CC(C)(C)CCC(C)(C(=O)C(C(=O)O)C(=O)O)c1ccccc1. The first-order valence-electron chi connectivity index (χ1n) is 7.54. The van der Waals surface area contributed by atoms with Gasteiger partial charge in [0.2, 0.25) is 5.92 Å². The van der Waals surface area contributed by atoms with Gasteiger partial charge in [-0.2, -0.15) is 0 Å². The maximum atomic E-state index is 12.8. The van der Waals surface area contributed by atoms with E-state index in [0.29, 0.717) is 18.4 Å². The monoisotopic (exact) mass is 320 g/mol. The molecule has 0 aliphatic carbocycles. The zero-order chi connectivity index (χ0) is 17.8. The van der Waals surface area contributed by atoms with E-state index >= 15 is 0 Å². The number of aliphatic carboxylic acids is 2. The van der Waals surface area contributed by atoms with Gasteiger partial charge in [-0.3, -0.25) is 14.4 Å². The van der Waals surface area contributed by atoms with E-state index in [1.165, 1.54) is 0 Å². The van der Waals surface area contributed by atoms with Gasteiger partial charge in [0.1, 0.15) is 0 Å². The summed E-state index contributed by atoms with van der Waals surface area (Å²) in [6.45, 7) is 7.70. The molecule has 5 heteroatoms. The van der Waals surface area contributed by atoms with Crippen LogP contribution in [0, 0.1) is 11.3 Å². The van der Waals surface area contributed by atoms with E-state index in [-0.39, 0.29) is 5.41 Å². The minimum absolute atomic E-state index is 0.0573. The topological polar surface area (TPSA) is 91.7 Å². The largest absolute Gasteiger partial charge is 0.480 e. The molecule has 0 aliphatic rings. The summed E-state index contributed by atoms with van der Waals surface area (Å²) in [6, 6.07) is 8.79. The van der Waals surface area contributed by atoms with E-state index in [4.69, 9.17) is 10.2 Å². The predicted octanol–water partition coefficient (Wildman–Crippen LogP) is 3.13. The zero-order valence-electron chi connectivity index (χ0n) is 14.0. The van der Waals surface area contributed by atoms with E-state index in [0.717, 1.165) is 0 Å². The Morgan fingerprint density at radius 3 is 1.78 bits per heavy atom. The van der Waals surface area contributed by atoms with Crippen LogP contribution >= 0.6 is 0 Å². The maximum absolute atomic E-state index is 12.8. The Balaban J connectivity index is 3.31. The molecule has 1 unspecified atom stereocenters. The van der Waals surface area contributed by atoms with E-state index in [9.17, 15) is 14.4 Å². The summed E-state index contributed by atoms with van der Waals surface area (Å²) in [4.78, 5) is 35.3. The maximum Gasteiger partial charge on any atom is 0.325 e. The van der Waals surface area contributed by atoms with Gasteiger partial charge in [-0.25, -0.2) is 0 Å². The Hall–Kier alpha value is -2.17. The van der Waals surface area contributed by atoms with Crippen LogP contribution in [0.2, 0.25) is 0 Å². The van der Waals surface area contributed by atoms with Crippen LogP contribution in [0.5, 0.6) is 0 Å². The van der Waals surface area contributed by atoms with Crippen molar-refractivity contribution in [2.24, 2.45) is 11.3 Å². The Bertz CT molecular complexity index is 571. The molecule has 1 rings (SSSR count). The number of carbonyl (C=O) groups is 3. The third-order valence-corrected chi connectivity index (χ3v) is 4.09. The van der Waals surface area contributed by atoms with E-state index < -0.39 is 29.1 Å². The van der Waals surface area contributed by atoms with Gasteiger partial charge in [-0.05, 0) is 30.7 Å². The molecule has 23 heavy (non-hydrogen) atoms. The lowest BCUT2D eigenvalue weighted by Gasteiger charge is -2.33. The fraction of sp³-hybridized carbons (Fsp3) is 0.500. The highest BCUT2D eigenvalue weighted by Gasteiger charge is 2.46. The molecule has 1 aromatic carbocycles. The molecule has 0 spiro atoms. The summed E-state index contributed by atoms with van der Waals surface area (Å²) in [5.41, 5.74) is -0.574. The van der Waals surface area contributed by atoms with Crippen LogP contribution in [-0.2, 0) is 19.8 Å². The van der Waals surface area contributed by atoms with Crippen LogP contribution < -0.4 is 0 Å². The molecule has 2 N–H and O–H groups in total. The normalized spacial score (nSPS) is 14.3. The molecule has 0 aromatic heterocycles. The van der Waals surface area contributed by atoms with Gasteiger partial charge in [0, 0.05) is 0 Å². The molecule has 0 radical (unpaired) electrons. The van der Waals surface area contributed by atoms with Crippen LogP contribution in [0.3, 0.4) is 0 Å². The first-order valence-corrected chi connectivity index (χ1v) is 7.54. The molecule has 5 nitrogen and oxygen atoms in total.